The second-order valence-corrected chi connectivity index (χ2v) is 3.98. The number of anilines is 1. The summed E-state index contributed by atoms with van der Waals surface area (Å²) in [4.78, 5) is 27.7. The molecule has 19 heavy (non-hydrogen) atoms. The minimum absolute atomic E-state index is 0.0935. The molecule has 104 valence electrons. The zero-order valence-electron chi connectivity index (χ0n) is 11.1. The van der Waals surface area contributed by atoms with Crippen LogP contribution in [-0.4, -0.2) is 47.7 Å². The Morgan fingerprint density at radius 1 is 1.47 bits per heavy atom. The maximum atomic E-state index is 11.8. The number of nitrogens with one attached hydrogen (secondary N) is 1. The number of ether oxygens (including phenoxy) is 1. The molecule has 0 radical (unpaired) electrons. The van der Waals surface area contributed by atoms with Crippen LogP contribution in [0.5, 0.6) is 5.88 Å². The fourth-order valence-electron chi connectivity index (χ4n) is 1.36. The summed E-state index contributed by atoms with van der Waals surface area (Å²) in [5.74, 6) is -0.475. The molecule has 7 nitrogen and oxygen atoms in total. The van der Waals surface area contributed by atoms with Crippen molar-refractivity contribution in [1.29, 1.82) is 0 Å². The lowest BCUT2D eigenvalue weighted by molar-refractivity contribution is -0.137. The van der Waals surface area contributed by atoms with Crippen LogP contribution in [0.15, 0.2) is 12.1 Å². The molecule has 7 heteroatoms. The average molecular weight is 267 g/mol. The van der Waals surface area contributed by atoms with E-state index in [1.165, 1.54) is 19.1 Å². The van der Waals surface area contributed by atoms with Crippen LogP contribution in [0.4, 0.5) is 10.5 Å². The zero-order valence-corrected chi connectivity index (χ0v) is 11.1. The number of nitrogens with zero attached hydrogens (tertiary/aromatic N) is 2. The standard InChI is InChI=1S/C12H17N3O4/c1-8-9(4-5-10(13-8)19-3)14-12(18)15(2)7-6-11(16)17/h4-5H,6-7H2,1-3H3,(H,14,18)(H,16,17). The molecule has 0 spiro atoms. The van der Waals surface area contributed by atoms with Crippen LogP contribution in [0.2, 0.25) is 0 Å². The Morgan fingerprint density at radius 2 is 2.16 bits per heavy atom. The van der Waals surface area contributed by atoms with Gasteiger partial charge in [0.1, 0.15) is 0 Å². The highest BCUT2D eigenvalue weighted by atomic mass is 16.5. The number of rotatable bonds is 5. The molecule has 2 amide bonds. The number of urea groups is 1. The van der Waals surface area contributed by atoms with E-state index in [2.05, 4.69) is 10.3 Å². The molecule has 0 aliphatic rings. The summed E-state index contributed by atoms with van der Waals surface area (Å²) in [6.07, 6.45) is -0.0935. The van der Waals surface area contributed by atoms with Crippen molar-refractivity contribution in [2.75, 3.05) is 26.0 Å². The SMILES string of the molecule is COc1ccc(NC(=O)N(C)CCC(=O)O)c(C)n1. The first kappa shape index (κ1) is 14.7. The normalized spacial score (nSPS) is 9.84. The van der Waals surface area contributed by atoms with Crippen molar-refractivity contribution in [3.8, 4) is 5.88 Å². The van der Waals surface area contributed by atoms with Crippen LogP contribution >= 0.6 is 0 Å². The number of methoxy groups -OCH3 is 1. The number of pyridine rings is 1. The Balaban J connectivity index is 2.63. The highest BCUT2D eigenvalue weighted by Gasteiger charge is 2.12. The molecule has 0 aliphatic carbocycles. The first-order valence-electron chi connectivity index (χ1n) is 5.69. The minimum atomic E-state index is -0.943. The number of hydrogen-bond acceptors (Lipinski definition) is 4. The molecular formula is C12H17N3O4. The van der Waals surface area contributed by atoms with E-state index in [0.29, 0.717) is 17.3 Å². The maximum Gasteiger partial charge on any atom is 0.321 e. The molecule has 0 bridgehead atoms. The fourth-order valence-corrected chi connectivity index (χ4v) is 1.36. The van der Waals surface area contributed by atoms with Gasteiger partial charge in [-0.3, -0.25) is 4.79 Å². The molecule has 0 saturated heterocycles. The van der Waals surface area contributed by atoms with Crippen LogP contribution in [0, 0.1) is 6.92 Å². The first-order valence-corrected chi connectivity index (χ1v) is 5.69. The number of aromatic nitrogens is 1. The summed E-state index contributed by atoms with van der Waals surface area (Å²) in [7, 11) is 3.05. The van der Waals surface area contributed by atoms with Crippen LogP contribution in [0.25, 0.3) is 0 Å². The van der Waals surface area contributed by atoms with Crippen molar-refractivity contribution in [2.24, 2.45) is 0 Å². The van der Waals surface area contributed by atoms with Crippen molar-refractivity contribution in [3.05, 3.63) is 17.8 Å². The Hall–Kier alpha value is -2.31. The number of carboxylic acid groups (broad SMARTS) is 1. The number of aliphatic carboxylic acids is 1. The molecular weight excluding hydrogens is 250 g/mol. The number of aryl methyl sites for hydroxylation is 1. The first-order chi connectivity index (χ1) is 8.93. The van der Waals surface area contributed by atoms with Crippen molar-refractivity contribution in [3.63, 3.8) is 0 Å². The lowest BCUT2D eigenvalue weighted by atomic mass is 10.3. The number of amides is 2. The van der Waals surface area contributed by atoms with Gasteiger partial charge in [0, 0.05) is 19.7 Å². The van der Waals surface area contributed by atoms with E-state index in [9.17, 15) is 9.59 Å². The zero-order chi connectivity index (χ0) is 14.4. The summed E-state index contributed by atoms with van der Waals surface area (Å²) in [5, 5.41) is 11.2. The van der Waals surface area contributed by atoms with E-state index in [1.807, 2.05) is 0 Å². The molecule has 2 N–H and O–H groups in total. The monoisotopic (exact) mass is 267 g/mol. The highest BCUT2D eigenvalue weighted by molar-refractivity contribution is 5.89. The third-order valence-electron chi connectivity index (χ3n) is 2.52. The minimum Gasteiger partial charge on any atom is -0.481 e. The Labute approximate surface area is 111 Å². The van der Waals surface area contributed by atoms with Crippen LogP contribution < -0.4 is 10.1 Å². The van der Waals surface area contributed by atoms with Gasteiger partial charge < -0.3 is 20.1 Å². The second kappa shape index (κ2) is 6.58. The number of carbonyl (C=O) groups excluding carboxylic acids is 1. The predicted molar refractivity (Wildman–Crippen MR) is 69.4 cm³/mol. The van der Waals surface area contributed by atoms with Gasteiger partial charge in [-0.25, -0.2) is 9.78 Å². The van der Waals surface area contributed by atoms with Gasteiger partial charge in [-0.15, -0.1) is 0 Å². The van der Waals surface area contributed by atoms with Crippen molar-refractivity contribution in [2.45, 2.75) is 13.3 Å². The molecule has 0 aliphatic heterocycles. The fraction of sp³-hybridized carbons (Fsp3) is 0.417. The quantitative estimate of drug-likeness (QED) is 0.839. The number of carbonyl (C=O) groups is 2. The third kappa shape index (κ3) is 4.46. The maximum absolute atomic E-state index is 11.8. The largest absolute Gasteiger partial charge is 0.481 e. The van der Waals surface area contributed by atoms with Gasteiger partial charge in [0.05, 0.1) is 24.9 Å². The Bertz CT molecular complexity index is 476. The van der Waals surface area contributed by atoms with Crippen LogP contribution in [0.3, 0.4) is 0 Å². The van der Waals surface area contributed by atoms with E-state index >= 15 is 0 Å². The van der Waals surface area contributed by atoms with E-state index in [4.69, 9.17) is 9.84 Å². The van der Waals surface area contributed by atoms with E-state index in [0.717, 1.165) is 0 Å². The molecule has 0 aromatic carbocycles. The van der Waals surface area contributed by atoms with Gasteiger partial charge in [-0.1, -0.05) is 0 Å². The van der Waals surface area contributed by atoms with Crippen LogP contribution in [0.1, 0.15) is 12.1 Å². The molecule has 0 saturated carbocycles. The van der Waals surface area contributed by atoms with Gasteiger partial charge >= 0.3 is 12.0 Å². The average Bonchev–Trinajstić information content (AvgIpc) is 2.37. The second-order valence-electron chi connectivity index (χ2n) is 3.98. The lowest BCUT2D eigenvalue weighted by Gasteiger charge is -2.17. The highest BCUT2D eigenvalue weighted by Crippen LogP contribution is 2.17. The summed E-state index contributed by atoms with van der Waals surface area (Å²) in [6, 6.07) is 2.94. The molecule has 0 fully saturated rings. The summed E-state index contributed by atoms with van der Waals surface area (Å²) in [5.41, 5.74) is 1.19. The number of hydrogen-bond donors (Lipinski definition) is 2. The summed E-state index contributed by atoms with van der Waals surface area (Å²) >= 11 is 0. The van der Waals surface area contributed by atoms with Crippen molar-refractivity contribution >= 4 is 17.7 Å². The van der Waals surface area contributed by atoms with Crippen LogP contribution in [-0.2, 0) is 4.79 Å². The van der Waals surface area contributed by atoms with Gasteiger partial charge in [0.15, 0.2) is 0 Å². The van der Waals surface area contributed by atoms with Crippen molar-refractivity contribution in [1.82, 2.24) is 9.88 Å². The predicted octanol–water partition coefficient (Wildman–Crippen LogP) is 1.34. The Kier molecular flexibility index (Phi) is 5.11. The van der Waals surface area contributed by atoms with Gasteiger partial charge in [-0.05, 0) is 13.0 Å². The van der Waals surface area contributed by atoms with E-state index in [1.54, 1.807) is 19.1 Å². The van der Waals surface area contributed by atoms with E-state index in [-0.39, 0.29) is 19.0 Å². The smallest absolute Gasteiger partial charge is 0.321 e. The van der Waals surface area contributed by atoms with Gasteiger partial charge in [0.25, 0.3) is 0 Å². The molecule has 1 aromatic heterocycles. The van der Waals surface area contributed by atoms with Crippen molar-refractivity contribution < 1.29 is 19.4 Å². The molecule has 1 heterocycles. The molecule has 1 rings (SSSR count). The van der Waals surface area contributed by atoms with Gasteiger partial charge in [0.2, 0.25) is 5.88 Å². The Morgan fingerprint density at radius 3 is 2.68 bits per heavy atom. The van der Waals surface area contributed by atoms with Gasteiger partial charge in [-0.2, -0.15) is 0 Å². The summed E-state index contributed by atoms with van der Waals surface area (Å²) in [6.45, 7) is 1.89. The molecule has 0 unspecified atom stereocenters. The van der Waals surface area contributed by atoms with E-state index < -0.39 is 5.97 Å². The number of carboxylic acids is 1. The lowest BCUT2D eigenvalue weighted by Crippen LogP contribution is -2.33. The third-order valence-corrected chi connectivity index (χ3v) is 2.52. The summed E-state index contributed by atoms with van der Waals surface area (Å²) < 4.78 is 4.97. The molecule has 1 aromatic rings. The topological polar surface area (TPSA) is 91.8 Å². The molecule has 0 atom stereocenters.